The number of rotatable bonds is 5. The smallest absolute Gasteiger partial charge is 0.330 e. The number of nitrogens with one attached hydrogen (secondary N) is 1. The highest BCUT2D eigenvalue weighted by atomic mass is 16.5. The van der Waals surface area contributed by atoms with E-state index in [1.165, 1.54) is 13.2 Å². The molecular formula is C9H15NO3. The van der Waals surface area contributed by atoms with Crippen LogP contribution in [0.2, 0.25) is 0 Å². The van der Waals surface area contributed by atoms with E-state index in [0.29, 0.717) is 6.54 Å². The standard InChI is InChI=1S/C9H15NO3/c1-3-4-7-10-8(11)5-6-9(12)13-2/h5-6H,3-4,7H2,1-2H3,(H,10,11). The number of carbonyl (C=O) groups excluding carboxylic acids is 2. The monoisotopic (exact) mass is 185 g/mol. The van der Waals surface area contributed by atoms with Gasteiger partial charge in [-0.2, -0.15) is 0 Å². The second kappa shape index (κ2) is 7.34. The van der Waals surface area contributed by atoms with Crippen molar-refractivity contribution in [3.8, 4) is 0 Å². The number of ether oxygens (including phenoxy) is 1. The summed E-state index contributed by atoms with van der Waals surface area (Å²) in [4.78, 5) is 21.5. The first kappa shape index (κ1) is 11.7. The van der Waals surface area contributed by atoms with E-state index in [2.05, 4.69) is 10.1 Å². The van der Waals surface area contributed by atoms with Crippen LogP contribution in [0.3, 0.4) is 0 Å². The molecule has 0 saturated carbocycles. The summed E-state index contributed by atoms with van der Waals surface area (Å²) in [7, 11) is 1.27. The highest BCUT2D eigenvalue weighted by molar-refractivity contribution is 5.94. The van der Waals surface area contributed by atoms with Gasteiger partial charge in [0.05, 0.1) is 7.11 Å². The molecule has 0 saturated heterocycles. The number of methoxy groups -OCH3 is 1. The van der Waals surface area contributed by atoms with Crippen LogP contribution in [-0.2, 0) is 14.3 Å². The third-order valence-corrected chi connectivity index (χ3v) is 1.40. The maximum absolute atomic E-state index is 10.9. The molecule has 1 N–H and O–H groups in total. The predicted molar refractivity (Wildman–Crippen MR) is 49.1 cm³/mol. The summed E-state index contributed by atoms with van der Waals surface area (Å²) in [6.07, 6.45) is 4.24. The van der Waals surface area contributed by atoms with Gasteiger partial charge < -0.3 is 10.1 Å². The Labute approximate surface area is 78.0 Å². The van der Waals surface area contributed by atoms with Crippen molar-refractivity contribution in [1.82, 2.24) is 5.32 Å². The molecule has 0 aliphatic carbocycles. The van der Waals surface area contributed by atoms with Gasteiger partial charge in [0.2, 0.25) is 5.91 Å². The fourth-order valence-electron chi connectivity index (χ4n) is 0.659. The van der Waals surface area contributed by atoms with Gasteiger partial charge in [-0.05, 0) is 6.42 Å². The summed E-state index contributed by atoms with van der Waals surface area (Å²) >= 11 is 0. The Bertz CT molecular complexity index is 199. The first-order valence-electron chi connectivity index (χ1n) is 4.24. The molecule has 0 fully saturated rings. The van der Waals surface area contributed by atoms with Crippen LogP contribution in [0.4, 0.5) is 0 Å². The molecule has 0 aromatic carbocycles. The number of hydrogen-bond donors (Lipinski definition) is 1. The molecule has 0 bridgehead atoms. The highest BCUT2D eigenvalue weighted by Crippen LogP contribution is 1.83. The Morgan fingerprint density at radius 1 is 1.38 bits per heavy atom. The SMILES string of the molecule is CCCCNC(=O)C=CC(=O)OC. The minimum absolute atomic E-state index is 0.265. The molecule has 0 rings (SSSR count). The summed E-state index contributed by atoms with van der Waals surface area (Å²) in [6, 6.07) is 0. The molecule has 0 radical (unpaired) electrons. The van der Waals surface area contributed by atoms with Crippen molar-refractivity contribution in [2.75, 3.05) is 13.7 Å². The van der Waals surface area contributed by atoms with Crippen LogP contribution in [0.15, 0.2) is 12.2 Å². The average molecular weight is 185 g/mol. The van der Waals surface area contributed by atoms with Crippen molar-refractivity contribution < 1.29 is 14.3 Å². The molecule has 0 heterocycles. The van der Waals surface area contributed by atoms with E-state index in [9.17, 15) is 9.59 Å². The Morgan fingerprint density at radius 2 is 2.08 bits per heavy atom. The fourth-order valence-corrected chi connectivity index (χ4v) is 0.659. The molecule has 0 spiro atoms. The molecule has 4 heteroatoms. The predicted octanol–water partition coefficient (Wildman–Crippen LogP) is 0.632. The quantitative estimate of drug-likeness (QED) is 0.388. The lowest BCUT2D eigenvalue weighted by Gasteiger charge is -1.98. The zero-order valence-electron chi connectivity index (χ0n) is 8.00. The van der Waals surface area contributed by atoms with Gasteiger partial charge in [-0.1, -0.05) is 13.3 Å². The van der Waals surface area contributed by atoms with Gasteiger partial charge in [0, 0.05) is 18.7 Å². The number of unbranched alkanes of at least 4 members (excludes halogenated alkanes) is 1. The lowest BCUT2D eigenvalue weighted by atomic mass is 10.3. The topological polar surface area (TPSA) is 55.4 Å². The van der Waals surface area contributed by atoms with Gasteiger partial charge in [-0.3, -0.25) is 4.79 Å². The molecule has 0 unspecified atom stereocenters. The van der Waals surface area contributed by atoms with Crippen LogP contribution in [0.1, 0.15) is 19.8 Å². The molecule has 13 heavy (non-hydrogen) atoms. The van der Waals surface area contributed by atoms with Crippen LogP contribution in [0.5, 0.6) is 0 Å². The maximum atomic E-state index is 10.9. The molecule has 1 amide bonds. The minimum Gasteiger partial charge on any atom is -0.466 e. The van der Waals surface area contributed by atoms with Gasteiger partial charge in [0.1, 0.15) is 0 Å². The molecule has 0 aromatic rings. The summed E-state index contributed by atoms with van der Waals surface area (Å²) in [5.41, 5.74) is 0. The lowest BCUT2D eigenvalue weighted by molar-refractivity contribution is -0.135. The van der Waals surface area contributed by atoms with Crippen molar-refractivity contribution in [2.24, 2.45) is 0 Å². The second-order valence-electron chi connectivity index (χ2n) is 2.50. The van der Waals surface area contributed by atoms with Gasteiger partial charge in [-0.15, -0.1) is 0 Å². The molecule has 74 valence electrons. The van der Waals surface area contributed by atoms with E-state index in [0.717, 1.165) is 18.9 Å². The van der Waals surface area contributed by atoms with Crippen molar-refractivity contribution in [2.45, 2.75) is 19.8 Å². The minimum atomic E-state index is -0.523. The summed E-state index contributed by atoms with van der Waals surface area (Å²) in [5, 5.41) is 2.63. The van der Waals surface area contributed by atoms with Crippen LogP contribution < -0.4 is 5.32 Å². The summed E-state index contributed by atoms with van der Waals surface area (Å²) < 4.78 is 4.32. The van der Waals surface area contributed by atoms with Crippen LogP contribution >= 0.6 is 0 Å². The Morgan fingerprint density at radius 3 is 2.62 bits per heavy atom. The van der Waals surface area contributed by atoms with Crippen molar-refractivity contribution >= 4 is 11.9 Å². The Hall–Kier alpha value is -1.32. The molecule has 0 aliphatic heterocycles. The van der Waals surface area contributed by atoms with E-state index in [1.54, 1.807) is 0 Å². The van der Waals surface area contributed by atoms with E-state index < -0.39 is 5.97 Å². The van der Waals surface area contributed by atoms with Crippen LogP contribution in [0, 0.1) is 0 Å². The van der Waals surface area contributed by atoms with Gasteiger partial charge in [0.25, 0.3) is 0 Å². The van der Waals surface area contributed by atoms with Crippen molar-refractivity contribution in [1.29, 1.82) is 0 Å². The Kier molecular flexibility index (Phi) is 6.59. The normalized spacial score (nSPS) is 10.0. The second-order valence-corrected chi connectivity index (χ2v) is 2.50. The first-order chi connectivity index (χ1) is 6.20. The molecular weight excluding hydrogens is 170 g/mol. The third-order valence-electron chi connectivity index (χ3n) is 1.40. The third kappa shape index (κ3) is 7.05. The van der Waals surface area contributed by atoms with E-state index in [-0.39, 0.29) is 5.91 Å². The molecule has 0 atom stereocenters. The summed E-state index contributed by atoms with van der Waals surface area (Å²) in [5.74, 6) is -0.788. The van der Waals surface area contributed by atoms with Crippen molar-refractivity contribution in [3.05, 3.63) is 12.2 Å². The molecule has 0 aromatic heterocycles. The number of esters is 1. The Balaban J connectivity index is 3.61. The van der Waals surface area contributed by atoms with E-state index >= 15 is 0 Å². The lowest BCUT2D eigenvalue weighted by Crippen LogP contribution is -2.22. The largest absolute Gasteiger partial charge is 0.466 e. The fraction of sp³-hybridized carbons (Fsp3) is 0.556. The van der Waals surface area contributed by atoms with Crippen LogP contribution in [-0.4, -0.2) is 25.5 Å². The van der Waals surface area contributed by atoms with E-state index in [4.69, 9.17) is 0 Å². The van der Waals surface area contributed by atoms with Gasteiger partial charge in [0.15, 0.2) is 0 Å². The summed E-state index contributed by atoms with van der Waals surface area (Å²) in [6.45, 7) is 2.68. The highest BCUT2D eigenvalue weighted by Gasteiger charge is 1.95. The average Bonchev–Trinajstić information content (AvgIpc) is 2.14. The number of amides is 1. The van der Waals surface area contributed by atoms with Gasteiger partial charge >= 0.3 is 5.97 Å². The number of carbonyl (C=O) groups is 2. The first-order valence-corrected chi connectivity index (χ1v) is 4.24. The zero-order valence-corrected chi connectivity index (χ0v) is 8.00. The van der Waals surface area contributed by atoms with Crippen molar-refractivity contribution in [3.63, 3.8) is 0 Å². The molecule has 0 aliphatic rings. The van der Waals surface area contributed by atoms with E-state index in [1.807, 2.05) is 6.92 Å². The maximum Gasteiger partial charge on any atom is 0.330 e. The zero-order chi connectivity index (χ0) is 10.1. The van der Waals surface area contributed by atoms with Gasteiger partial charge in [-0.25, -0.2) is 4.79 Å². The number of hydrogen-bond acceptors (Lipinski definition) is 3. The molecule has 4 nitrogen and oxygen atoms in total. The van der Waals surface area contributed by atoms with Crippen LogP contribution in [0.25, 0.3) is 0 Å².